The number of nitrogens with one attached hydrogen (secondary N) is 1. The molecule has 1 atom stereocenters. The quantitative estimate of drug-likeness (QED) is 0.896. The van der Waals surface area contributed by atoms with Gasteiger partial charge in [-0.15, -0.1) is 11.3 Å². The summed E-state index contributed by atoms with van der Waals surface area (Å²) in [5.74, 6) is 0.781. The van der Waals surface area contributed by atoms with Crippen molar-refractivity contribution >= 4 is 27.2 Å². The van der Waals surface area contributed by atoms with Crippen molar-refractivity contribution < 1.29 is 4.74 Å². The summed E-state index contributed by atoms with van der Waals surface area (Å²) in [6.45, 7) is 2.83. The van der Waals surface area contributed by atoms with Crippen LogP contribution in [0.3, 0.4) is 0 Å². The van der Waals surface area contributed by atoms with Crippen LogP contribution in [0.5, 0.6) is 0 Å². The van der Waals surface area contributed by atoms with E-state index in [4.69, 9.17) is 4.74 Å². The Hall–Kier alpha value is -1.13. The van der Waals surface area contributed by atoms with Gasteiger partial charge >= 0.3 is 0 Å². The van der Waals surface area contributed by atoms with Gasteiger partial charge in [0.2, 0.25) is 0 Å². The number of anilines is 1. The smallest absolute Gasteiger partial charge is 0.0907 e. The summed E-state index contributed by atoms with van der Waals surface area (Å²) in [7, 11) is 1.77. The van der Waals surface area contributed by atoms with Gasteiger partial charge in [0.05, 0.1) is 27.9 Å². The standard InChI is InChI=1S/C14H18N2OS/c1-9-15-12-6-5-11(7-14(12)18-9)16-13(8-17-2)10-3-4-10/h5-7,10,13,16H,3-4,8H2,1-2H3. The van der Waals surface area contributed by atoms with Crippen LogP contribution >= 0.6 is 11.3 Å². The zero-order valence-electron chi connectivity index (χ0n) is 10.8. The summed E-state index contributed by atoms with van der Waals surface area (Å²) < 4.78 is 6.55. The minimum absolute atomic E-state index is 0.446. The number of rotatable bonds is 5. The van der Waals surface area contributed by atoms with Crippen LogP contribution in [0.2, 0.25) is 0 Å². The summed E-state index contributed by atoms with van der Waals surface area (Å²) >= 11 is 1.75. The first kappa shape index (κ1) is 11.9. The lowest BCUT2D eigenvalue weighted by Crippen LogP contribution is -2.27. The van der Waals surface area contributed by atoms with Crippen molar-refractivity contribution in [3.8, 4) is 0 Å². The molecule has 1 saturated carbocycles. The third kappa shape index (κ3) is 2.49. The van der Waals surface area contributed by atoms with E-state index in [0.717, 1.165) is 23.0 Å². The molecule has 1 aliphatic rings. The first-order chi connectivity index (χ1) is 8.76. The van der Waals surface area contributed by atoms with Crippen molar-refractivity contribution in [2.75, 3.05) is 19.0 Å². The Balaban J connectivity index is 1.80. The molecule has 1 aliphatic carbocycles. The van der Waals surface area contributed by atoms with Crippen LogP contribution in [0.25, 0.3) is 10.2 Å². The van der Waals surface area contributed by atoms with Crippen molar-refractivity contribution in [2.45, 2.75) is 25.8 Å². The maximum atomic E-state index is 5.30. The summed E-state index contributed by atoms with van der Waals surface area (Å²) in [4.78, 5) is 4.48. The lowest BCUT2D eigenvalue weighted by molar-refractivity contribution is 0.179. The molecule has 0 radical (unpaired) electrons. The fourth-order valence-electron chi connectivity index (χ4n) is 2.32. The van der Waals surface area contributed by atoms with E-state index in [1.807, 2.05) is 0 Å². The molecule has 0 spiro atoms. The van der Waals surface area contributed by atoms with Gasteiger partial charge in [-0.3, -0.25) is 0 Å². The average molecular weight is 262 g/mol. The second kappa shape index (κ2) is 4.86. The molecular weight excluding hydrogens is 244 g/mol. The zero-order valence-corrected chi connectivity index (χ0v) is 11.6. The van der Waals surface area contributed by atoms with Gasteiger partial charge < -0.3 is 10.1 Å². The highest BCUT2D eigenvalue weighted by molar-refractivity contribution is 7.18. The predicted octanol–water partition coefficient (Wildman–Crippen LogP) is 3.44. The molecule has 1 aromatic heterocycles. The number of thiazole rings is 1. The van der Waals surface area contributed by atoms with Gasteiger partial charge in [-0.2, -0.15) is 0 Å². The monoisotopic (exact) mass is 262 g/mol. The zero-order chi connectivity index (χ0) is 12.5. The Morgan fingerprint density at radius 1 is 1.50 bits per heavy atom. The van der Waals surface area contributed by atoms with Crippen molar-refractivity contribution in [2.24, 2.45) is 5.92 Å². The van der Waals surface area contributed by atoms with Gasteiger partial charge in [0, 0.05) is 12.8 Å². The molecule has 1 unspecified atom stereocenters. The molecule has 96 valence electrons. The Morgan fingerprint density at radius 2 is 2.33 bits per heavy atom. The highest BCUT2D eigenvalue weighted by atomic mass is 32.1. The fourth-order valence-corrected chi connectivity index (χ4v) is 3.18. The van der Waals surface area contributed by atoms with Gasteiger partial charge in [0.25, 0.3) is 0 Å². The Morgan fingerprint density at radius 3 is 3.06 bits per heavy atom. The molecular formula is C14H18N2OS. The topological polar surface area (TPSA) is 34.1 Å². The van der Waals surface area contributed by atoms with E-state index in [1.165, 1.54) is 23.2 Å². The van der Waals surface area contributed by atoms with E-state index in [2.05, 4.69) is 35.4 Å². The Labute approximate surface area is 111 Å². The largest absolute Gasteiger partial charge is 0.383 e. The lowest BCUT2D eigenvalue weighted by atomic mass is 10.2. The third-order valence-corrected chi connectivity index (χ3v) is 4.32. The minimum Gasteiger partial charge on any atom is -0.383 e. The third-order valence-electron chi connectivity index (χ3n) is 3.38. The van der Waals surface area contributed by atoms with Crippen molar-refractivity contribution in [1.82, 2.24) is 4.98 Å². The predicted molar refractivity (Wildman–Crippen MR) is 76.4 cm³/mol. The van der Waals surface area contributed by atoms with E-state index in [9.17, 15) is 0 Å². The van der Waals surface area contributed by atoms with Crippen LogP contribution in [0.15, 0.2) is 18.2 Å². The first-order valence-corrected chi connectivity index (χ1v) is 7.20. The number of methoxy groups -OCH3 is 1. The first-order valence-electron chi connectivity index (χ1n) is 6.39. The number of hydrogen-bond acceptors (Lipinski definition) is 4. The molecule has 3 rings (SSSR count). The van der Waals surface area contributed by atoms with Crippen LogP contribution in [0, 0.1) is 12.8 Å². The molecule has 1 heterocycles. The van der Waals surface area contributed by atoms with Crippen molar-refractivity contribution in [3.05, 3.63) is 23.2 Å². The van der Waals surface area contributed by atoms with E-state index < -0.39 is 0 Å². The summed E-state index contributed by atoms with van der Waals surface area (Å²) in [5.41, 5.74) is 2.28. The normalized spacial score (nSPS) is 17.0. The highest BCUT2D eigenvalue weighted by Gasteiger charge is 2.31. The van der Waals surface area contributed by atoms with Gasteiger partial charge in [-0.25, -0.2) is 4.98 Å². The van der Waals surface area contributed by atoms with Gasteiger partial charge in [-0.1, -0.05) is 0 Å². The average Bonchev–Trinajstić information content (AvgIpc) is 3.11. The number of aryl methyl sites for hydroxylation is 1. The van der Waals surface area contributed by atoms with Crippen LogP contribution in [-0.2, 0) is 4.74 Å². The molecule has 1 fully saturated rings. The highest BCUT2D eigenvalue weighted by Crippen LogP contribution is 2.35. The molecule has 1 N–H and O–H groups in total. The van der Waals surface area contributed by atoms with E-state index in [1.54, 1.807) is 18.4 Å². The SMILES string of the molecule is COCC(Nc1ccc2nc(C)sc2c1)C1CC1. The molecule has 1 aromatic carbocycles. The molecule has 0 amide bonds. The maximum Gasteiger partial charge on any atom is 0.0907 e. The van der Waals surface area contributed by atoms with Crippen LogP contribution < -0.4 is 5.32 Å². The van der Waals surface area contributed by atoms with Gasteiger partial charge in [-0.05, 0) is 43.9 Å². The molecule has 3 nitrogen and oxygen atoms in total. The Bertz CT molecular complexity index is 548. The van der Waals surface area contributed by atoms with Gasteiger partial charge in [0.15, 0.2) is 0 Å². The van der Waals surface area contributed by atoms with Crippen molar-refractivity contribution in [3.63, 3.8) is 0 Å². The fraction of sp³-hybridized carbons (Fsp3) is 0.500. The summed E-state index contributed by atoms with van der Waals surface area (Å²) in [6, 6.07) is 6.86. The summed E-state index contributed by atoms with van der Waals surface area (Å²) in [5, 5.41) is 4.72. The number of fused-ring (bicyclic) bond motifs is 1. The molecule has 0 aliphatic heterocycles. The van der Waals surface area contributed by atoms with E-state index >= 15 is 0 Å². The van der Waals surface area contributed by atoms with Crippen LogP contribution in [-0.4, -0.2) is 24.7 Å². The number of benzene rings is 1. The molecule has 0 bridgehead atoms. The molecule has 4 heteroatoms. The number of hydrogen-bond donors (Lipinski definition) is 1. The molecule has 2 aromatic rings. The van der Waals surface area contributed by atoms with Crippen molar-refractivity contribution in [1.29, 1.82) is 0 Å². The second-order valence-corrected chi connectivity index (χ2v) is 6.19. The van der Waals surface area contributed by atoms with Gasteiger partial charge in [0.1, 0.15) is 0 Å². The Kier molecular flexibility index (Phi) is 3.22. The van der Waals surface area contributed by atoms with E-state index in [-0.39, 0.29) is 0 Å². The molecule has 18 heavy (non-hydrogen) atoms. The second-order valence-electron chi connectivity index (χ2n) is 4.96. The van der Waals surface area contributed by atoms with Crippen LogP contribution in [0.1, 0.15) is 17.8 Å². The number of aromatic nitrogens is 1. The maximum absolute atomic E-state index is 5.30. The lowest BCUT2D eigenvalue weighted by Gasteiger charge is -2.18. The van der Waals surface area contributed by atoms with E-state index in [0.29, 0.717) is 6.04 Å². The van der Waals surface area contributed by atoms with Crippen LogP contribution in [0.4, 0.5) is 5.69 Å². The molecule has 0 saturated heterocycles. The number of ether oxygens (including phenoxy) is 1. The summed E-state index contributed by atoms with van der Waals surface area (Å²) in [6.07, 6.45) is 2.64. The number of nitrogens with zero attached hydrogens (tertiary/aromatic N) is 1. The minimum atomic E-state index is 0.446.